The third-order valence-electron chi connectivity index (χ3n) is 7.18. The lowest BCUT2D eigenvalue weighted by molar-refractivity contribution is -0.150. The van der Waals surface area contributed by atoms with E-state index in [-0.39, 0.29) is 12.5 Å². The second-order valence-corrected chi connectivity index (χ2v) is 9.80. The minimum absolute atomic E-state index is 0.274. The number of carbonyl (C=O) groups excluding carboxylic acids is 5. The highest BCUT2D eigenvalue weighted by Crippen LogP contribution is 2.27. The summed E-state index contributed by atoms with van der Waals surface area (Å²) in [5, 5.41) is 5.21. The summed E-state index contributed by atoms with van der Waals surface area (Å²) in [7, 11) is 1.27. The number of likely N-dealkylation sites (tertiary alicyclic amines) is 2. The van der Waals surface area contributed by atoms with Crippen molar-refractivity contribution in [3.63, 3.8) is 0 Å². The van der Waals surface area contributed by atoms with E-state index in [4.69, 9.17) is 4.74 Å². The summed E-state index contributed by atoms with van der Waals surface area (Å²) in [6.45, 7) is 3.87. The standard InChI is InChI=1S/C27H34N6O6/c1-16(24(35)29-15-23(34)32-12-7-11-22(32)27(38)39-3)30-25(36)21-10-6-13-33(21)26(37)19-9-5-4-8-18(19)20-14-28-17(2)31-20/h4-5,8-9,14,16,21-22H,6-7,10-13,15H2,1-3H3,(H,28,31)(H,29,35)(H,30,36)/t16-,21-,22-/m0/s1. The number of imidazole rings is 1. The predicted octanol–water partition coefficient (Wildman–Crippen LogP) is 0.775. The number of rotatable bonds is 8. The molecule has 208 valence electrons. The Bertz CT molecular complexity index is 1260. The summed E-state index contributed by atoms with van der Waals surface area (Å²) in [4.78, 5) is 74.1. The predicted molar refractivity (Wildman–Crippen MR) is 140 cm³/mol. The maximum absolute atomic E-state index is 13.5. The molecule has 4 amide bonds. The Morgan fingerprint density at radius 3 is 2.46 bits per heavy atom. The Hall–Kier alpha value is -4.22. The highest BCUT2D eigenvalue weighted by molar-refractivity contribution is 6.03. The monoisotopic (exact) mass is 538 g/mol. The van der Waals surface area contributed by atoms with Crippen molar-refractivity contribution in [3.05, 3.63) is 41.9 Å². The van der Waals surface area contributed by atoms with Crippen molar-refractivity contribution in [1.29, 1.82) is 0 Å². The average molecular weight is 539 g/mol. The van der Waals surface area contributed by atoms with E-state index in [1.165, 1.54) is 23.8 Å². The molecule has 3 N–H and O–H groups in total. The SMILES string of the molecule is COC(=O)[C@@H]1CCCN1C(=O)CNC(=O)[C@H](C)NC(=O)[C@@H]1CCCN1C(=O)c1ccccc1-c1cnc(C)[nH]1. The highest BCUT2D eigenvalue weighted by Gasteiger charge is 2.37. The number of nitrogens with one attached hydrogen (secondary N) is 3. The number of aryl methyl sites for hydroxylation is 1. The number of benzene rings is 1. The van der Waals surface area contributed by atoms with Gasteiger partial charge in [-0.25, -0.2) is 9.78 Å². The van der Waals surface area contributed by atoms with Crippen LogP contribution in [-0.2, 0) is 23.9 Å². The van der Waals surface area contributed by atoms with Gasteiger partial charge >= 0.3 is 5.97 Å². The van der Waals surface area contributed by atoms with Crippen LogP contribution in [0.1, 0.15) is 48.8 Å². The van der Waals surface area contributed by atoms with E-state index in [1.54, 1.807) is 18.3 Å². The molecule has 0 bridgehead atoms. The highest BCUT2D eigenvalue weighted by atomic mass is 16.5. The molecule has 4 rings (SSSR count). The maximum Gasteiger partial charge on any atom is 0.328 e. The molecule has 12 nitrogen and oxygen atoms in total. The summed E-state index contributed by atoms with van der Waals surface area (Å²) in [6, 6.07) is 4.85. The molecular weight excluding hydrogens is 504 g/mol. The first-order valence-electron chi connectivity index (χ1n) is 13.1. The number of amides is 4. The van der Waals surface area contributed by atoms with Gasteiger partial charge in [-0.3, -0.25) is 19.2 Å². The van der Waals surface area contributed by atoms with E-state index in [9.17, 15) is 24.0 Å². The fourth-order valence-electron chi connectivity index (χ4n) is 5.14. The van der Waals surface area contributed by atoms with Crippen molar-refractivity contribution in [2.75, 3.05) is 26.7 Å². The summed E-state index contributed by atoms with van der Waals surface area (Å²) < 4.78 is 4.75. The van der Waals surface area contributed by atoms with Crippen LogP contribution in [0.15, 0.2) is 30.5 Å². The summed E-state index contributed by atoms with van der Waals surface area (Å²) >= 11 is 0. The first-order chi connectivity index (χ1) is 18.7. The number of H-pyrrole nitrogens is 1. The van der Waals surface area contributed by atoms with Crippen LogP contribution in [0.3, 0.4) is 0 Å². The van der Waals surface area contributed by atoms with Gasteiger partial charge in [-0.15, -0.1) is 0 Å². The molecule has 3 heterocycles. The number of ether oxygens (including phenoxy) is 1. The third-order valence-corrected chi connectivity index (χ3v) is 7.18. The summed E-state index contributed by atoms with van der Waals surface area (Å²) in [6.07, 6.45) is 3.98. The zero-order valence-corrected chi connectivity index (χ0v) is 22.4. The van der Waals surface area contributed by atoms with E-state index in [2.05, 4.69) is 20.6 Å². The molecule has 2 aliphatic heterocycles. The van der Waals surface area contributed by atoms with Crippen LogP contribution in [0, 0.1) is 6.92 Å². The lowest BCUT2D eigenvalue weighted by Gasteiger charge is -2.26. The van der Waals surface area contributed by atoms with Gasteiger partial charge < -0.3 is 30.2 Å². The topological polar surface area (TPSA) is 154 Å². The Morgan fingerprint density at radius 2 is 1.77 bits per heavy atom. The quantitative estimate of drug-likeness (QED) is 0.420. The first kappa shape index (κ1) is 27.8. The smallest absolute Gasteiger partial charge is 0.328 e. The van der Waals surface area contributed by atoms with Crippen LogP contribution in [-0.4, -0.2) is 94.2 Å². The number of hydrogen-bond acceptors (Lipinski definition) is 7. The number of aromatic amines is 1. The molecule has 39 heavy (non-hydrogen) atoms. The molecular formula is C27H34N6O6. The number of esters is 1. The van der Waals surface area contributed by atoms with Crippen LogP contribution in [0.4, 0.5) is 0 Å². The summed E-state index contributed by atoms with van der Waals surface area (Å²) in [5.41, 5.74) is 1.86. The van der Waals surface area contributed by atoms with Gasteiger partial charge in [-0.1, -0.05) is 18.2 Å². The number of nitrogens with zero attached hydrogens (tertiary/aromatic N) is 3. The van der Waals surface area contributed by atoms with Crippen molar-refractivity contribution < 1.29 is 28.7 Å². The van der Waals surface area contributed by atoms with Crippen molar-refractivity contribution >= 4 is 29.6 Å². The van der Waals surface area contributed by atoms with Crippen LogP contribution < -0.4 is 10.6 Å². The molecule has 0 radical (unpaired) electrons. The second-order valence-electron chi connectivity index (χ2n) is 9.80. The van der Waals surface area contributed by atoms with Gasteiger partial charge in [0.2, 0.25) is 17.7 Å². The third kappa shape index (κ3) is 6.10. The number of carbonyl (C=O) groups is 5. The van der Waals surface area contributed by atoms with Gasteiger partial charge in [0, 0.05) is 24.2 Å². The Balaban J connectivity index is 1.35. The molecule has 2 saturated heterocycles. The molecule has 1 aromatic carbocycles. The zero-order valence-electron chi connectivity index (χ0n) is 22.4. The van der Waals surface area contributed by atoms with Gasteiger partial charge in [0.15, 0.2) is 0 Å². The van der Waals surface area contributed by atoms with Crippen molar-refractivity contribution in [3.8, 4) is 11.3 Å². The molecule has 0 saturated carbocycles. The summed E-state index contributed by atoms with van der Waals surface area (Å²) in [5.74, 6) is -1.40. The van der Waals surface area contributed by atoms with Gasteiger partial charge in [-0.05, 0) is 45.6 Å². The van der Waals surface area contributed by atoms with Gasteiger partial charge in [0.1, 0.15) is 23.9 Å². The van der Waals surface area contributed by atoms with E-state index >= 15 is 0 Å². The molecule has 0 aliphatic carbocycles. The molecule has 2 fully saturated rings. The van der Waals surface area contributed by atoms with Crippen molar-refractivity contribution in [2.24, 2.45) is 0 Å². The van der Waals surface area contributed by atoms with E-state index in [1.807, 2.05) is 19.1 Å². The van der Waals surface area contributed by atoms with Gasteiger partial charge in [0.25, 0.3) is 5.91 Å². The lowest BCUT2D eigenvalue weighted by atomic mass is 10.0. The van der Waals surface area contributed by atoms with Gasteiger partial charge in [0.05, 0.1) is 25.5 Å². The lowest BCUT2D eigenvalue weighted by Crippen LogP contribution is -2.53. The van der Waals surface area contributed by atoms with Gasteiger partial charge in [-0.2, -0.15) is 0 Å². The van der Waals surface area contributed by atoms with Crippen LogP contribution in [0.5, 0.6) is 0 Å². The van der Waals surface area contributed by atoms with Crippen LogP contribution in [0.25, 0.3) is 11.3 Å². The Kier molecular flexibility index (Phi) is 8.62. The molecule has 2 aromatic rings. The fraction of sp³-hybridized carbons (Fsp3) is 0.481. The minimum atomic E-state index is -0.932. The van der Waals surface area contributed by atoms with E-state index in [0.717, 1.165) is 5.82 Å². The number of methoxy groups -OCH3 is 1. The molecule has 0 unspecified atom stereocenters. The largest absolute Gasteiger partial charge is 0.467 e. The first-order valence-corrected chi connectivity index (χ1v) is 13.1. The fourth-order valence-corrected chi connectivity index (χ4v) is 5.14. The molecule has 0 spiro atoms. The van der Waals surface area contributed by atoms with E-state index in [0.29, 0.717) is 55.6 Å². The van der Waals surface area contributed by atoms with Crippen LogP contribution >= 0.6 is 0 Å². The normalized spacial score (nSPS) is 19.5. The van der Waals surface area contributed by atoms with E-state index < -0.39 is 41.8 Å². The van der Waals surface area contributed by atoms with Crippen molar-refractivity contribution in [2.45, 2.75) is 57.7 Å². The molecule has 12 heteroatoms. The average Bonchev–Trinajstić information content (AvgIpc) is 3.71. The Labute approximate surface area is 226 Å². The molecule has 1 aromatic heterocycles. The zero-order chi connectivity index (χ0) is 28.1. The molecule has 3 atom stereocenters. The minimum Gasteiger partial charge on any atom is -0.467 e. The molecule has 2 aliphatic rings. The number of hydrogen-bond donors (Lipinski definition) is 3. The Morgan fingerprint density at radius 1 is 1.08 bits per heavy atom. The maximum atomic E-state index is 13.5. The number of aromatic nitrogens is 2. The van der Waals surface area contributed by atoms with Crippen molar-refractivity contribution in [1.82, 2.24) is 30.4 Å². The van der Waals surface area contributed by atoms with Crippen LogP contribution in [0.2, 0.25) is 0 Å². The second kappa shape index (κ2) is 12.1.